The fourth-order valence-electron chi connectivity index (χ4n) is 1.18. The number of oxime groups is 1. The Balaban J connectivity index is 2.26. The van der Waals surface area contributed by atoms with Gasteiger partial charge in [0, 0.05) is 6.42 Å². The van der Waals surface area contributed by atoms with Gasteiger partial charge in [-0.3, -0.25) is 0 Å². The second-order valence-corrected chi connectivity index (χ2v) is 3.35. The number of ether oxygens (including phenoxy) is 1. The zero-order valence-corrected chi connectivity index (χ0v) is 8.97. The van der Waals surface area contributed by atoms with Crippen LogP contribution < -0.4 is 10.5 Å². The van der Waals surface area contributed by atoms with E-state index in [2.05, 4.69) is 5.16 Å². The summed E-state index contributed by atoms with van der Waals surface area (Å²) in [6.45, 7) is 0.540. The highest BCUT2D eigenvalue weighted by atomic mass is 16.5. The van der Waals surface area contributed by atoms with Gasteiger partial charge >= 0.3 is 0 Å². The molecule has 1 aromatic rings. The molecule has 4 N–H and O–H groups in total. The lowest BCUT2D eigenvalue weighted by Gasteiger charge is -2.06. The predicted molar refractivity (Wildman–Crippen MR) is 60.5 cm³/mol. The van der Waals surface area contributed by atoms with Crippen molar-refractivity contribution >= 4 is 5.84 Å². The van der Waals surface area contributed by atoms with E-state index < -0.39 is 0 Å². The molecule has 0 amide bonds. The van der Waals surface area contributed by atoms with Crippen LogP contribution in [0.1, 0.15) is 18.4 Å². The third-order valence-corrected chi connectivity index (χ3v) is 2.08. The molecule has 1 rings (SSSR count). The summed E-state index contributed by atoms with van der Waals surface area (Å²) in [6.07, 6.45) is 1.20. The minimum absolute atomic E-state index is 0.0315. The fourth-order valence-corrected chi connectivity index (χ4v) is 1.18. The fraction of sp³-hybridized carbons (Fsp3) is 0.364. The molecule has 16 heavy (non-hydrogen) atoms. The van der Waals surface area contributed by atoms with Crippen LogP contribution in [0.2, 0.25) is 0 Å². The Bertz CT molecular complexity index is 336. The number of aliphatic hydroxyl groups excluding tert-OH is 1. The molecule has 0 unspecified atom stereocenters. The lowest BCUT2D eigenvalue weighted by molar-refractivity contribution is 0.281. The minimum Gasteiger partial charge on any atom is -0.494 e. The van der Waals surface area contributed by atoms with Crippen LogP contribution in [-0.2, 0) is 6.61 Å². The van der Waals surface area contributed by atoms with Crippen LogP contribution in [0.4, 0.5) is 0 Å². The van der Waals surface area contributed by atoms with Gasteiger partial charge in [-0.2, -0.15) is 0 Å². The number of benzene rings is 1. The molecule has 0 saturated carbocycles. The number of hydrogen-bond donors (Lipinski definition) is 3. The van der Waals surface area contributed by atoms with Gasteiger partial charge in [0.25, 0.3) is 0 Å². The quantitative estimate of drug-likeness (QED) is 0.222. The Morgan fingerprint density at radius 3 is 2.56 bits per heavy atom. The normalized spacial score (nSPS) is 11.4. The number of rotatable bonds is 6. The molecule has 1 aromatic carbocycles. The highest BCUT2D eigenvalue weighted by Crippen LogP contribution is 2.12. The van der Waals surface area contributed by atoms with Crippen LogP contribution >= 0.6 is 0 Å². The Labute approximate surface area is 94.1 Å². The molecule has 0 saturated heterocycles. The summed E-state index contributed by atoms with van der Waals surface area (Å²) in [4.78, 5) is 0. The number of nitrogens with zero attached hydrogens (tertiary/aromatic N) is 1. The summed E-state index contributed by atoms with van der Waals surface area (Å²) in [5.74, 6) is 0.955. The standard InChI is InChI=1S/C11H16N2O3/c12-11(13-15)2-1-7-16-10-5-3-9(8-14)4-6-10/h3-6,14-15H,1-2,7-8H2,(H2,12,13). The highest BCUT2D eigenvalue weighted by molar-refractivity contribution is 5.79. The zero-order valence-electron chi connectivity index (χ0n) is 8.97. The van der Waals surface area contributed by atoms with E-state index in [9.17, 15) is 0 Å². The third kappa shape index (κ3) is 4.18. The lowest BCUT2D eigenvalue weighted by atomic mass is 10.2. The van der Waals surface area contributed by atoms with E-state index in [4.69, 9.17) is 20.8 Å². The average Bonchev–Trinajstić information content (AvgIpc) is 2.35. The van der Waals surface area contributed by atoms with Crippen LogP contribution in [0.25, 0.3) is 0 Å². The summed E-state index contributed by atoms with van der Waals surface area (Å²) in [7, 11) is 0. The van der Waals surface area contributed by atoms with E-state index >= 15 is 0 Å². The van der Waals surface area contributed by atoms with Crippen molar-refractivity contribution in [2.75, 3.05) is 6.61 Å². The molecule has 5 nitrogen and oxygen atoms in total. The van der Waals surface area contributed by atoms with Crippen molar-refractivity contribution < 1.29 is 15.1 Å². The van der Waals surface area contributed by atoms with Crippen LogP contribution in [0.3, 0.4) is 0 Å². The van der Waals surface area contributed by atoms with E-state index in [1.54, 1.807) is 24.3 Å². The second-order valence-electron chi connectivity index (χ2n) is 3.35. The monoisotopic (exact) mass is 224 g/mol. The molecule has 5 heteroatoms. The summed E-state index contributed by atoms with van der Waals surface area (Å²) in [5, 5.41) is 20.0. The van der Waals surface area contributed by atoms with Gasteiger partial charge in [-0.05, 0) is 24.1 Å². The third-order valence-electron chi connectivity index (χ3n) is 2.08. The molecule has 0 aliphatic carbocycles. The summed E-state index contributed by atoms with van der Waals surface area (Å²) < 4.78 is 5.43. The average molecular weight is 224 g/mol. The maximum atomic E-state index is 8.84. The predicted octanol–water partition coefficient (Wildman–Crippen LogP) is 1.08. The first-order valence-electron chi connectivity index (χ1n) is 5.05. The maximum absolute atomic E-state index is 8.84. The van der Waals surface area contributed by atoms with E-state index in [1.165, 1.54) is 0 Å². The molecule has 0 heterocycles. The Hall–Kier alpha value is -1.75. The van der Waals surface area contributed by atoms with Crippen LogP contribution in [0.5, 0.6) is 5.75 Å². The van der Waals surface area contributed by atoms with E-state index in [1.807, 2.05) is 0 Å². The molecule has 0 spiro atoms. The maximum Gasteiger partial charge on any atom is 0.139 e. The van der Waals surface area contributed by atoms with E-state index in [0.717, 1.165) is 11.3 Å². The molecule has 0 atom stereocenters. The van der Waals surface area contributed by atoms with Gasteiger partial charge < -0.3 is 20.8 Å². The van der Waals surface area contributed by atoms with Gasteiger partial charge in [-0.1, -0.05) is 17.3 Å². The summed E-state index contributed by atoms with van der Waals surface area (Å²) in [5.41, 5.74) is 6.16. The van der Waals surface area contributed by atoms with E-state index in [-0.39, 0.29) is 12.4 Å². The number of hydrogen-bond acceptors (Lipinski definition) is 4. The minimum atomic E-state index is 0.0315. The Morgan fingerprint density at radius 1 is 1.31 bits per heavy atom. The zero-order chi connectivity index (χ0) is 11.8. The topological polar surface area (TPSA) is 88.1 Å². The van der Waals surface area contributed by atoms with Crippen molar-refractivity contribution in [2.24, 2.45) is 10.9 Å². The summed E-state index contributed by atoms with van der Waals surface area (Å²) >= 11 is 0. The first kappa shape index (κ1) is 12.3. The van der Waals surface area contributed by atoms with Gasteiger partial charge in [0.15, 0.2) is 0 Å². The van der Waals surface area contributed by atoms with Gasteiger partial charge in [-0.25, -0.2) is 0 Å². The highest BCUT2D eigenvalue weighted by Gasteiger charge is 1.96. The van der Waals surface area contributed by atoms with Gasteiger partial charge in [0.1, 0.15) is 11.6 Å². The van der Waals surface area contributed by atoms with Gasteiger partial charge in [-0.15, -0.1) is 0 Å². The van der Waals surface area contributed by atoms with Crippen molar-refractivity contribution in [3.63, 3.8) is 0 Å². The molecule has 0 aliphatic heterocycles. The van der Waals surface area contributed by atoms with Crippen molar-refractivity contribution in [2.45, 2.75) is 19.4 Å². The Morgan fingerprint density at radius 2 is 2.00 bits per heavy atom. The molecule has 0 aromatic heterocycles. The molecule has 0 aliphatic rings. The van der Waals surface area contributed by atoms with E-state index in [0.29, 0.717) is 19.4 Å². The van der Waals surface area contributed by atoms with Crippen LogP contribution in [-0.4, -0.2) is 22.8 Å². The molecular formula is C11H16N2O3. The SMILES string of the molecule is NC(CCCOc1ccc(CO)cc1)=NO. The Kier molecular flexibility index (Phi) is 5.15. The number of nitrogens with two attached hydrogens (primary N) is 1. The summed E-state index contributed by atoms with van der Waals surface area (Å²) in [6, 6.07) is 7.21. The van der Waals surface area contributed by atoms with Crippen LogP contribution in [0, 0.1) is 0 Å². The van der Waals surface area contributed by atoms with Crippen LogP contribution in [0.15, 0.2) is 29.4 Å². The molecule has 0 radical (unpaired) electrons. The number of amidine groups is 1. The lowest BCUT2D eigenvalue weighted by Crippen LogP contribution is -2.12. The van der Waals surface area contributed by atoms with Gasteiger partial charge in [0.05, 0.1) is 13.2 Å². The van der Waals surface area contributed by atoms with Gasteiger partial charge in [0.2, 0.25) is 0 Å². The van der Waals surface area contributed by atoms with Crippen molar-refractivity contribution in [1.82, 2.24) is 0 Å². The first-order valence-corrected chi connectivity index (χ1v) is 5.05. The molecule has 0 fully saturated rings. The van der Waals surface area contributed by atoms with Crippen molar-refractivity contribution in [3.8, 4) is 5.75 Å². The smallest absolute Gasteiger partial charge is 0.139 e. The molecule has 88 valence electrons. The second kappa shape index (κ2) is 6.68. The van der Waals surface area contributed by atoms with Crippen molar-refractivity contribution in [1.29, 1.82) is 0 Å². The molecule has 0 bridgehead atoms. The van der Waals surface area contributed by atoms with Crippen molar-refractivity contribution in [3.05, 3.63) is 29.8 Å². The largest absolute Gasteiger partial charge is 0.494 e. The first-order chi connectivity index (χ1) is 7.76. The molecular weight excluding hydrogens is 208 g/mol. The number of aliphatic hydroxyl groups is 1.